The molecule has 1 atom stereocenters. The van der Waals surface area contributed by atoms with E-state index < -0.39 is 5.56 Å². The van der Waals surface area contributed by atoms with Gasteiger partial charge in [-0.1, -0.05) is 18.2 Å². The number of benzene rings is 3. The summed E-state index contributed by atoms with van der Waals surface area (Å²) in [4.78, 5) is 26.5. The number of methoxy groups -OCH3 is 1. The molecule has 4 aromatic rings. The van der Waals surface area contributed by atoms with Crippen LogP contribution in [0.4, 0.5) is 11.4 Å². The Morgan fingerprint density at radius 2 is 1.90 bits per heavy atom. The van der Waals surface area contributed by atoms with Gasteiger partial charge in [0.25, 0.3) is 11.5 Å². The first kappa shape index (κ1) is 26.0. The monoisotopic (exact) mass is 526 g/mol. The first-order valence-corrected chi connectivity index (χ1v) is 12.8. The average Bonchev–Trinajstić information content (AvgIpc) is 3.48. The largest absolute Gasteiger partial charge is 0.497 e. The summed E-state index contributed by atoms with van der Waals surface area (Å²) in [5.74, 6) is 1.28. The van der Waals surface area contributed by atoms with Crippen LogP contribution >= 0.6 is 0 Å². The number of amides is 1. The predicted molar refractivity (Wildman–Crippen MR) is 149 cm³/mol. The van der Waals surface area contributed by atoms with Crippen molar-refractivity contribution in [3.8, 4) is 22.9 Å². The molecule has 0 radical (unpaired) electrons. The van der Waals surface area contributed by atoms with Gasteiger partial charge in [-0.05, 0) is 79.9 Å². The third-order valence-corrected chi connectivity index (χ3v) is 6.39. The van der Waals surface area contributed by atoms with E-state index >= 15 is 0 Å². The van der Waals surface area contributed by atoms with E-state index in [-0.39, 0.29) is 23.4 Å². The molecule has 0 saturated carbocycles. The molecule has 1 saturated heterocycles. The third-order valence-electron chi connectivity index (χ3n) is 6.39. The molecular formula is C30H30N4O5. The third kappa shape index (κ3) is 6.27. The Morgan fingerprint density at radius 3 is 2.64 bits per heavy atom. The molecule has 1 aliphatic rings. The van der Waals surface area contributed by atoms with Gasteiger partial charge >= 0.3 is 0 Å². The fourth-order valence-corrected chi connectivity index (χ4v) is 4.34. The van der Waals surface area contributed by atoms with Crippen LogP contribution in [0.1, 0.15) is 28.8 Å². The second-order valence-corrected chi connectivity index (χ2v) is 9.27. The van der Waals surface area contributed by atoms with Gasteiger partial charge in [0.1, 0.15) is 11.5 Å². The molecule has 1 amide bonds. The summed E-state index contributed by atoms with van der Waals surface area (Å²) >= 11 is 0. The summed E-state index contributed by atoms with van der Waals surface area (Å²) < 4.78 is 18.2. The van der Waals surface area contributed by atoms with E-state index in [0.29, 0.717) is 35.0 Å². The zero-order chi connectivity index (χ0) is 27.2. The second kappa shape index (κ2) is 11.8. The molecule has 9 nitrogen and oxygen atoms in total. The molecule has 0 unspecified atom stereocenters. The average molecular weight is 527 g/mol. The maximum atomic E-state index is 13.7. The molecule has 3 aromatic carbocycles. The highest BCUT2D eigenvalue weighted by molar-refractivity contribution is 5.95. The Kier molecular flexibility index (Phi) is 7.88. The van der Waals surface area contributed by atoms with Crippen molar-refractivity contribution in [2.45, 2.75) is 25.9 Å². The summed E-state index contributed by atoms with van der Waals surface area (Å²) in [5.41, 5.74) is 2.36. The molecule has 200 valence electrons. The Hall–Kier alpha value is -4.63. The van der Waals surface area contributed by atoms with Gasteiger partial charge in [-0.15, -0.1) is 0 Å². The minimum absolute atomic E-state index is 0.0461. The number of aryl methyl sites for hydroxylation is 1. The van der Waals surface area contributed by atoms with E-state index in [2.05, 4.69) is 15.7 Å². The summed E-state index contributed by atoms with van der Waals surface area (Å²) in [6, 6.07) is 21.5. The zero-order valence-electron chi connectivity index (χ0n) is 21.8. The predicted octanol–water partition coefficient (Wildman–Crippen LogP) is 4.99. The van der Waals surface area contributed by atoms with Gasteiger partial charge < -0.3 is 24.8 Å². The van der Waals surface area contributed by atoms with Crippen molar-refractivity contribution in [1.29, 1.82) is 0 Å². The van der Waals surface area contributed by atoms with Crippen LogP contribution in [-0.4, -0.2) is 42.1 Å². The van der Waals surface area contributed by atoms with E-state index in [1.54, 1.807) is 55.6 Å². The summed E-state index contributed by atoms with van der Waals surface area (Å²) in [7, 11) is 1.58. The van der Waals surface area contributed by atoms with Crippen molar-refractivity contribution >= 4 is 17.3 Å². The van der Waals surface area contributed by atoms with Gasteiger partial charge in [-0.3, -0.25) is 9.59 Å². The van der Waals surface area contributed by atoms with Crippen LogP contribution in [-0.2, 0) is 4.74 Å². The standard InChI is InChI=1S/C30H30N4O5/c1-20-6-3-9-25(16-20)39-27-19-32-34(23-11-13-24(37-2)14-12-23)30(36)28(27)33-22-8-4-7-21(17-22)29(35)31-18-26-10-5-15-38-26/h3-4,6-9,11-14,16-17,19,26,33H,5,10,15,18H2,1-2H3,(H,31,35)/t26-/m1/s1. The highest BCUT2D eigenvalue weighted by Crippen LogP contribution is 2.29. The maximum Gasteiger partial charge on any atom is 0.299 e. The first-order chi connectivity index (χ1) is 19.0. The minimum atomic E-state index is -0.418. The number of hydrogen-bond acceptors (Lipinski definition) is 7. The molecule has 1 aromatic heterocycles. The Morgan fingerprint density at radius 1 is 1.08 bits per heavy atom. The highest BCUT2D eigenvalue weighted by atomic mass is 16.5. The van der Waals surface area contributed by atoms with Crippen LogP contribution < -0.4 is 25.7 Å². The van der Waals surface area contributed by atoms with Crippen molar-refractivity contribution in [3.05, 3.63) is 100 Å². The van der Waals surface area contributed by atoms with Crippen molar-refractivity contribution in [3.63, 3.8) is 0 Å². The van der Waals surface area contributed by atoms with Gasteiger partial charge in [0, 0.05) is 24.4 Å². The Bertz CT molecular complexity index is 1510. The highest BCUT2D eigenvalue weighted by Gasteiger charge is 2.18. The molecule has 2 heterocycles. The van der Waals surface area contributed by atoms with Crippen molar-refractivity contribution < 1.29 is 19.0 Å². The molecule has 1 fully saturated rings. The molecular weight excluding hydrogens is 496 g/mol. The lowest BCUT2D eigenvalue weighted by molar-refractivity contribution is 0.0858. The van der Waals surface area contributed by atoms with Crippen LogP contribution in [0.2, 0.25) is 0 Å². The van der Waals surface area contributed by atoms with Gasteiger partial charge in [0.15, 0.2) is 11.4 Å². The van der Waals surface area contributed by atoms with Gasteiger partial charge in [-0.2, -0.15) is 9.78 Å². The zero-order valence-corrected chi connectivity index (χ0v) is 21.8. The van der Waals surface area contributed by atoms with Crippen LogP contribution in [0, 0.1) is 6.92 Å². The molecule has 0 spiro atoms. The molecule has 0 aliphatic carbocycles. The van der Waals surface area contributed by atoms with E-state index in [1.807, 2.05) is 31.2 Å². The Labute approximate surface area is 226 Å². The van der Waals surface area contributed by atoms with E-state index in [4.69, 9.17) is 14.2 Å². The normalized spacial score (nSPS) is 14.6. The topological polar surface area (TPSA) is 104 Å². The van der Waals surface area contributed by atoms with Gasteiger partial charge in [-0.25, -0.2) is 0 Å². The fourth-order valence-electron chi connectivity index (χ4n) is 4.34. The molecule has 2 N–H and O–H groups in total. The number of nitrogens with one attached hydrogen (secondary N) is 2. The number of aromatic nitrogens is 2. The number of carbonyl (C=O) groups is 1. The van der Waals surface area contributed by atoms with Gasteiger partial charge in [0.2, 0.25) is 0 Å². The van der Waals surface area contributed by atoms with Crippen molar-refractivity contribution in [1.82, 2.24) is 15.1 Å². The number of carbonyl (C=O) groups excluding carboxylic acids is 1. The number of hydrogen-bond donors (Lipinski definition) is 2. The molecule has 5 rings (SSSR count). The van der Waals surface area contributed by atoms with Crippen molar-refractivity contribution in [2.75, 3.05) is 25.6 Å². The lowest BCUT2D eigenvalue weighted by Crippen LogP contribution is -2.31. The number of rotatable bonds is 9. The second-order valence-electron chi connectivity index (χ2n) is 9.27. The smallest absolute Gasteiger partial charge is 0.299 e. The molecule has 1 aliphatic heterocycles. The quantitative estimate of drug-likeness (QED) is 0.317. The molecule has 0 bridgehead atoms. The number of anilines is 2. The Balaban J connectivity index is 1.46. The van der Waals surface area contributed by atoms with E-state index in [0.717, 1.165) is 25.0 Å². The summed E-state index contributed by atoms with van der Waals surface area (Å²) in [6.07, 6.45) is 3.49. The number of ether oxygens (including phenoxy) is 3. The van der Waals surface area contributed by atoms with E-state index in [9.17, 15) is 9.59 Å². The first-order valence-electron chi connectivity index (χ1n) is 12.8. The molecule has 9 heteroatoms. The number of nitrogens with zero attached hydrogens (tertiary/aromatic N) is 2. The van der Waals surface area contributed by atoms with Crippen LogP contribution in [0.15, 0.2) is 83.8 Å². The minimum Gasteiger partial charge on any atom is -0.497 e. The molecule has 39 heavy (non-hydrogen) atoms. The van der Waals surface area contributed by atoms with Crippen LogP contribution in [0.3, 0.4) is 0 Å². The van der Waals surface area contributed by atoms with Gasteiger partial charge in [0.05, 0.1) is 25.1 Å². The lowest BCUT2D eigenvalue weighted by Gasteiger charge is -2.15. The SMILES string of the molecule is COc1ccc(-n2ncc(Oc3cccc(C)c3)c(Nc3cccc(C(=O)NC[C@H]4CCCO4)c3)c2=O)cc1. The summed E-state index contributed by atoms with van der Waals surface area (Å²) in [6.45, 7) is 3.15. The van der Waals surface area contributed by atoms with E-state index in [1.165, 1.54) is 10.9 Å². The maximum absolute atomic E-state index is 13.7. The van der Waals surface area contributed by atoms with Crippen molar-refractivity contribution in [2.24, 2.45) is 0 Å². The van der Waals surface area contributed by atoms with Crippen LogP contribution in [0.5, 0.6) is 17.2 Å². The van der Waals surface area contributed by atoms with Crippen LogP contribution in [0.25, 0.3) is 5.69 Å². The summed E-state index contributed by atoms with van der Waals surface area (Å²) in [5, 5.41) is 10.5. The lowest BCUT2D eigenvalue weighted by atomic mass is 10.1. The fraction of sp³-hybridized carbons (Fsp3) is 0.233.